The summed E-state index contributed by atoms with van der Waals surface area (Å²) in [5, 5.41) is 9.62. The van der Waals surface area contributed by atoms with Crippen molar-refractivity contribution in [2.45, 2.75) is 104 Å². The molecular formula is C76H72Ir2N4-4. The molecule has 0 fully saturated rings. The third-order valence-corrected chi connectivity index (χ3v) is 14.5. The molecule has 4 heterocycles. The summed E-state index contributed by atoms with van der Waals surface area (Å²) < 4.78 is 0. The number of aryl methyl sites for hydroxylation is 2. The van der Waals surface area contributed by atoms with Crippen molar-refractivity contribution in [1.82, 2.24) is 19.9 Å². The first-order chi connectivity index (χ1) is 39.7. The van der Waals surface area contributed by atoms with Crippen LogP contribution in [0.1, 0.15) is 102 Å². The summed E-state index contributed by atoms with van der Waals surface area (Å²) in [6, 6.07) is 83.8. The van der Waals surface area contributed by atoms with E-state index in [0.29, 0.717) is 0 Å². The quantitative estimate of drug-likeness (QED) is 0.0635. The topological polar surface area (TPSA) is 51.6 Å². The Bertz CT molecular complexity index is 3480. The molecule has 0 aliphatic rings. The van der Waals surface area contributed by atoms with E-state index in [4.69, 9.17) is 0 Å². The number of fused-ring (bicyclic) bond motifs is 4. The fourth-order valence-electron chi connectivity index (χ4n) is 10.2. The standard InChI is InChI=1S/2C23H26N.2C15H10N.2Ir/c2*1-2-3-4-5-6-7-10-19-13-15-21(16-14-19)23-22-12-9-8-11-20(22)17-18-24-23;2*1-2-7-13(8-3-1)15-14-9-5-4-6-12(14)10-11-16-15;;/h2*8-9,11-15,17-18H,2-7,10H2,1H3;2*1-7,9-11H;;/q4*-1;;. The van der Waals surface area contributed by atoms with Gasteiger partial charge in [0.2, 0.25) is 0 Å². The molecule has 0 N–H and O–H groups in total. The number of hydrogen-bond donors (Lipinski definition) is 0. The maximum absolute atomic E-state index is 4.58. The molecule has 6 heteroatoms. The van der Waals surface area contributed by atoms with E-state index in [9.17, 15) is 0 Å². The maximum Gasteiger partial charge on any atom is 0.0167 e. The minimum absolute atomic E-state index is 0. The van der Waals surface area contributed by atoms with Gasteiger partial charge in [0.15, 0.2) is 0 Å². The van der Waals surface area contributed by atoms with E-state index in [-0.39, 0.29) is 40.2 Å². The summed E-state index contributed by atoms with van der Waals surface area (Å²) in [6.07, 6.45) is 25.9. The monoisotopic (exact) mass is 1430 g/mol. The zero-order valence-electron chi connectivity index (χ0n) is 47.3. The van der Waals surface area contributed by atoms with E-state index in [1.54, 1.807) is 0 Å². The Morgan fingerprint density at radius 2 is 0.573 bits per heavy atom. The summed E-state index contributed by atoms with van der Waals surface area (Å²) >= 11 is 0. The predicted molar refractivity (Wildman–Crippen MR) is 338 cm³/mol. The summed E-state index contributed by atoms with van der Waals surface area (Å²) in [7, 11) is 0. The minimum atomic E-state index is 0. The van der Waals surface area contributed by atoms with Crippen LogP contribution in [-0.2, 0) is 53.1 Å². The summed E-state index contributed by atoms with van der Waals surface area (Å²) in [4.78, 5) is 18.1. The molecule has 4 nitrogen and oxygen atoms in total. The molecule has 0 unspecified atom stereocenters. The van der Waals surface area contributed by atoms with Crippen molar-refractivity contribution in [3.8, 4) is 45.0 Å². The van der Waals surface area contributed by atoms with E-state index in [1.807, 2.05) is 110 Å². The van der Waals surface area contributed by atoms with E-state index >= 15 is 0 Å². The second-order valence-corrected chi connectivity index (χ2v) is 20.3. The first-order valence-corrected chi connectivity index (χ1v) is 29.0. The largest absolute Gasteiger partial charge is 0.304 e. The van der Waals surface area contributed by atoms with Crippen molar-refractivity contribution in [3.63, 3.8) is 0 Å². The van der Waals surface area contributed by atoms with Gasteiger partial charge in [-0.25, -0.2) is 0 Å². The van der Waals surface area contributed by atoms with Crippen molar-refractivity contribution >= 4 is 43.1 Å². The molecule has 0 spiro atoms. The number of nitrogens with zero attached hydrogens (tertiary/aromatic N) is 4. The van der Waals surface area contributed by atoms with Crippen LogP contribution in [0.5, 0.6) is 0 Å². The van der Waals surface area contributed by atoms with Crippen molar-refractivity contribution in [2.24, 2.45) is 0 Å². The number of rotatable bonds is 18. The van der Waals surface area contributed by atoms with Gasteiger partial charge in [-0.2, -0.15) is 0 Å². The number of benzene rings is 8. The first kappa shape index (κ1) is 62.3. The van der Waals surface area contributed by atoms with Gasteiger partial charge in [-0.3, -0.25) is 0 Å². The number of aromatic nitrogens is 4. The van der Waals surface area contributed by atoms with Gasteiger partial charge in [0.1, 0.15) is 0 Å². The Morgan fingerprint density at radius 1 is 0.280 bits per heavy atom. The third kappa shape index (κ3) is 17.8. The Labute approximate surface area is 514 Å². The molecule has 82 heavy (non-hydrogen) atoms. The number of unbranched alkanes of at least 4 members (excludes halogenated alkanes) is 10. The fourth-order valence-corrected chi connectivity index (χ4v) is 10.2. The first-order valence-electron chi connectivity index (χ1n) is 29.0. The Morgan fingerprint density at radius 3 is 0.866 bits per heavy atom. The van der Waals surface area contributed by atoms with Crippen LogP contribution in [0.2, 0.25) is 0 Å². The Balaban J connectivity index is 0.000000159. The number of pyridine rings is 4. The molecule has 0 bridgehead atoms. The molecule has 0 saturated carbocycles. The molecule has 2 radical (unpaired) electrons. The molecule has 0 atom stereocenters. The molecule has 0 aliphatic carbocycles. The molecular weight excluding hydrogens is 1350 g/mol. The van der Waals surface area contributed by atoms with Gasteiger partial charge in [-0.1, -0.05) is 201 Å². The van der Waals surface area contributed by atoms with Crippen LogP contribution in [-0.4, -0.2) is 19.9 Å². The molecule has 418 valence electrons. The molecule has 12 rings (SSSR count). The van der Waals surface area contributed by atoms with E-state index in [0.717, 1.165) is 57.9 Å². The van der Waals surface area contributed by atoms with Gasteiger partial charge in [0.25, 0.3) is 0 Å². The van der Waals surface area contributed by atoms with E-state index in [2.05, 4.69) is 179 Å². The zero-order chi connectivity index (χ0) is 54.8. The average molecular weight is 1430 g/mol. The van der Waals surface area contributed by atoms with Crippen molar-refractivity contribution < 1.29 is 40.2 Å². The van der Waals surface area contributed by atoms with Gasteiger partial charge in [-0.15, -0.1) is 143 Å². The van der Waals surface area contributed by atoms with Gasteiger partial charge in [0, 0.05) is 65.0 Å². The number of hydrogen-bond acceptors (Lipinski definition) is 4. The Kier molecular flexibility index (Phi) is 26.0. The molecule has 0 saturated heterocycles. The van der Waals surface area contributed by atoms with Crippen molar-refractivity contribution in [2.75, 3.05) is 0 Å². The molecule has 8 aromatic carbocycles. The van der Waals surface area contributed by atoms with Gasteiger partial charge in [-0.05, 0) is 90.1 Å². The van der Waals surface area contributed by atoms with Crippen LogP contribution in [0.15, 0.2) is 231 Å². The van der Waals surface area contributed by atoms with Crippen molar-refractivity contribution in [3.05, 3.63) is 266 Å². The van der Waals surface area contributed by atoms with Crippen LogP contribution >= 0.6 is 0 Å². The predicted octanol–water partition coefficient (Wildman–Crippen LogP) is 20.6. The van der Waals surface area contributed by atoms with Gasteiger partial charge < -0.3 is 19.9 Å². The summed E-state index contributed by atoms with van der Waals surface area (Å²) in [6.45, 7) is 4.53. The molecule has 4 aromatic heterocycles. The van der Waals surface area contributed by atoms with Crippen molar-refractivity contribution in [1.29, 1.82) is 0 Å². The smallest absolute Gasteiger partial charge is 0.0167 e. The van der Waals surface area contributed by atoms with Crippen LogP contribution in [0.4, 0.5) is 0 Å². The zero-order valence-corrected chi connectivity index (χ0v) is 52.1. The average Bonchev–Trinajstić information content (AvgIpc) is 3.63. The minimum Gasteiger partial charge on any atom is -0.304 e. The second kappa shape index (κ2) is 34.2. The summed E-state index contributed by atoms with van der Waals surface area (Å²) in [5.41, 5.74) is 11.1. The van der Waals surface area contributed by atoms with Crippen LogP contribution in [0.25, 0.3) is 88.1 Å². The fraction of sp³-hybridized carbons (Fsp3) is 0.211. The molecule has 0 aliphatic heterocycles. The second-order valence-electron chi connectivity index (χ2n) is 20.3. The molecule has 12 aromatic rings. The van der Waals surface area contributed by atoms with Crippen LogP contribution in [0.3, 0.4) is 0 Å². The summed E-state index contributed by atoms with van der Waals surface area (Å²) in [5.74, 6) is 0. The van der Waals surface area contributed by atoms with Gasteiger partial charge in [0.05, 0.1) is 0 Å². The van der Waals surface area contributed by atoms with E-state index < -0.39 is 0 Å². The van der Waals surface area contributed by atoms with Crippen LogP contribution < -0.4 is 0 Å². The maximum atomic E-state index is 4.58. The van der Waals surface area contributed by atoms with Crippen LogP contribution in [0, 0.1) is 24.3 Å². The third-order valence-electron chi connectivity index (χ3n) is 14.5. The molecule has 0 amide bonds. The van der Waals surface area contributed by atoms with E-state index in [1.165, 1.54) is 131 Å². The van der Waals surface area contributed by atoms with Gasteiger partial charge >= 0.3 is 0 Å². The normalized spacial score (nSPS) is 10.6. The Hall–Kier alpha value is -7.30. The SMILES string of the molecule is CCCCCCCCc1c[c-]c(-c2nccc3ccccc23)cc1.CCCCCCCCc1c[c-]c(-c2nccc3ccccc23)cc1.[Ir].[Ir].[c-]1ccccc1-c1nccc2ccccc12.[c-]1ccccc1-c1nccc2ccccc12.